The highest BCUT2D eigenvalue weighted by atomic mass is 19.4. The minimum absolute atomic E-state index is 0.0377. The first-order valence-corrected chi connectivity index (χ1v) is 8.67. The zero-order chi connectivity index (χ0) is 22.4. The average molecular weight is 419 g/mol. The molecule has 0 fully saturated rings. The van der Waals surface area contributed by atoms with Crippen LogP contribution in [0.1, 0.15) is 49.5 Å². The minimum Gasteiger partial charge on any atom is -0.469 e. The largest absolute Gasteiger partial charge is 0.469 e. The number of amides is 1. The highest BCUT2D eigenvalue weighted by Crippen LogP contribution is 2.34. The molecule has 1 amide bonds. The van der Waals surface area contributed by atoms with E-state index in [-0.39, 0.29) is 25.1 Å². The fourth-order valence-electron chi connectivity index (χ4n) is 2.33. The number of hydrogen-bond donors (Lipinski definition) is 0. The van der Waals surface area contributed by atoms with Crippen molar-refractivity contribution in [2.24, 2.45) is 0 Å². The summed E-state index contributed by atoms with van der Waals surface area (Å²) in [6.07, 6.45) is -5.48. The summed E-state index contributed by atoms with van der Waals surface area (Å²) in [4.78, 5) is 37.1. The molecule has 0 saturated carbocycles. The van der Waals surface area contributed by atoms with Crippen LogP contribution in [0.25, 0.3) is 0 Å². The number of carbonyl (C=O) groups is 3. The first-order chi connectivity index (χ1) is 13.3. The lowest BCUT2D eigenvalue weighted by molar-refractivity contribution is -0.140. The Bertz CT molecular complexity index is 755. The van der Waals surface area contributed by atoms with Gasteiger partial charge in [-0.3, -0.25) is 9.69 Å². The molecule has 0 radical (unpaired) electrons. The van der Waals surface area contributed by atoms with Gasteiger partial charge in [0.1, 0.15) is 5.60 Å². The Labute approximate surface area is 166 Å². The Morgan fingerprint density at radius 1 is 1.03 bits per heavy atom. The molecule has 0 aliphatic rings. The monoisotopic (exact) mass is 419 g/mol. The molecule has 1 rings (SSSR count). The number of ether oxygens (including phenoxy) is 3. The summed E-state index contributed by atoms with van der Waals surface area (Å²) in [7, 11) is 2.22. The van der Waals surface area contributed by atoms with Crippen LogP contribution in [0.4, 0.5) is 23.7 Å². The third kappa shape index (κ3) is 7.28. The molecule has 0 heterocycles. The lowest BCUT2D eigenvalue weighted by Crippen LogP contribution is -2.38. The Balaban J connectivity index is 3.39. The summed E-state index contributed by atoms with van der Waals surface area (Å²) in [6.45, 7) is 4.75. The molecule has 0 aliphatic heterocycles. The molecule has 162 valence electrons. The van der Waals surface area contributed by atoms with Gasteiger partial charge in [0, 0.05) is 13.0 Å². The second-order valence-corrected chi connectivity index (χ2v) is 7.03. The SMILES string of the molecule is COC(=O)CCCN(C(=O)OC(C)(C)C)c1ccc(C(F)(F)F)cc1C(=O)OC. The van der Waals surface area contributed by atoms with E-state index >= 15 is 0 Å². The Kier molecular flexibility index (Phi) is 8.05. The number of carbonyl (C=O) groups excluding carboxylic acids is 3. The van der Waals surface area contributed by atoms with Crippen LogP contribution in [-0.2, 0) is 25.2 Å². The van der Waals surface area contributed by atoms with Gasteiger partial charge in [0.2, 0.25) is 0 Å². The number of rotatable bonds is 6. The zero-order valence-electron chi connectivity index (χ0n) is 16.9. The number of benzene rings is 1. The highest BCUT2D eigenvalue weighted by Gasteiger charge is 2.34. The molecule has 10 heteroatoms. The number of hydrogen-bond acceptors (Lipinski definition) is 6. The second-order valence-electron chi connectivity index (χ2n) is 7.03. The van der Waals surface area contributed by atoms with Crippen LogP contribution in [-0.4, -0.2) is 44.4 Å². The van der Waals surface area contributed by atoms with E-state index in [1.807, 2.05) is 0 Å². The summed E-state index contributed by atoms with van der Waals surface area (Å²) in [6, 6.07) is 2.36. The van der Waals surface area contributed by atoms with Crippen LogP contribution in [0, 0.1) is 0 Å². The molecule has 0 bridgehead atoms. The van der Waals surface area contributed by atoms with E-state index < -0.39 is 40.9 Å². The lowest BCUT2D eigenvalue weighted by atomic mass is 10.1. The van der Waals surface area contributed by atoms with Crippen LogP contribution in [0.5, 0.6) is 0 Å². The van der Waals surface area contributed by atoms with Crippen molar-refractivity contribution in [2.45, 2.75) is 45.4 Å². The molecule has 1 aromatic carbocycles. The van der Waals surface area contributed by atoms with E-state index in [9.17, 15) is 27.6 Å². The third-order valence-electron chi connectivity index (χ3n) is 3.62. The van der Waals surface area contributed by atoms with Crippen molar-refractivity contribution in [2.75, 3.05) is 25.7 Å². The van der Waals surface area contributed by atoms with Crippen molar-refractivity contribution >= 4 is 23.7 Å². The van der Waals surface area contributed by atoms with E-state index in [0.29, 0.717) is 6.07 Å². The molecule has 7 nitrogen and oxygen atoms in total. The van der Waals surface area contributed by atoms with Crippen LogP contribution < -0.4 is 4.90 Å². The van der Waals surface area contributed by atoms with Crippen molar-refractivity contribution in [3.63, 3.8) is 0 Å². The summed E-state index contributed by atoms with van der Waals surface area (Å²) in [5, 5.41) is 0. The Morgan fingerprint density at radius 2 is 1.66 bits per heavy atom. The Hall–Kier alpha value is -2.78. The topological polar surface area (TPSA) is 82.1 Å². The molecular formula is C19H24F3NO6. The van der Waals surface area contributed by atoms with Crippen LogP contribution >= 0.6 is 0 Å². The van der Waals surface area contributed by atoms with Gasteiger partial charge in [0.15, 0.2) is 0 Å². The molecule has 0 unspecified atom stereocenters. The van der Waals surface area contributed by atoms with Crippen LogP contribution in [0.15, 0.2) is 18.2 Å². The average Bonchev–Trinajstić information content (AvgIpc) is 2.61. The quantitative estimate of drug-likeness (QED) is 0.508. The number of anilines is 1. The normalized spacial score (nSPS) is 11.6. The lowest BCUT2D eigenvalue weighted by Gasteiger charge is -2.28. The molecule has 1 aromatic rings. The van der Waals surface area contributed by atoms with Gasteiger partial charge in [0.25, 0.3) is 0 Å². The van der Waals surface area contributed by atoms with Gasteiger partial charge < -0.3 is 14.2 Å². The van der Waals surface area contributed by atoms with Crippen molar-refractivity contribution in [3.8, 4) is 0 Å². The molecule has 0 atom stereocenters. The van der Waals surface area contributed by atoms with E-state index in [1.54, 1.807) is 20.8 Å². The number of nitrogens with zero attached hydrogens (tertiary/aromatic N) is 1. The summed E-state index contributed by atoms with van der Waals surface area (Å²) >= 11 is 0. The molecule has 0 saturated heterocycles. The smallest absolute Gasteiger partial charge is 0.416 e. The summed E-state index contributed by atoms with van der Waals surface area (Å²) < 4.78 is 53.6. The maximum atomic E-state index is 13.1. The van der Waals surface area contributed by atoms with Crippen molar-refractivity contribution in [1.29, 1.82) is 0 Å². The van der Waals surface area contributed by atoms with Gasteiger partial charge in [-0.25, -0.2) is 9.59 Å². The number of halogens is 3. The summed E-state index contributed by atoms with van der Waals surface area (Å²) in [5.74, 6) is -1.57. The maximum absolute atomic E-state index is 13.1. The van der Waals surface area contributed by atoms with Gasteiger partial charge in [0.05, 0.1) is 31.0 Å². The van der Waals surface area contributed by atoms with E-state index in [2.05, 4.69) is 9.47 Å². The number of methoxy groups -OCH3 is 2. The Morgan fingerprint density at radius 3 is 2.14 bits per heavy atom. The molecular weight excluding hydrogens is 395 g/mol. The second kappa shape index (κ2) is 9.62. The third-order valence-corrected chi connectivity index (χ3v) is 3.62. The fourth-order valence-corrected chi connectivity index (χ4v) is 2.33. The standard InChI is InChI=1S/C19H24F3NO6/c1-18(2,3)29-17(26)23(10-6-7-15(24)27-4)14-9-8-12(19(20,21)22)11-13(14)16(25)28-5/h8-9,11H,6-7,10H2,1-5H3. The number of esters is 2. The van der Waals surface area contributed by atoms with Crippen molar-refractivity contribution in [3.05, 3.63) is 29.3 Å². The molecule has 0 aliphatic carbocycles. The van der Waals surface area contributed by atoms with Crippen LogP contribution in [0.2, 0.25) is 0 Å². The van der Waals surface area contributed by atoms with E-state index in [4.69, 9.17) is 4.74 Å². The molecule has 29 heavy (non-hydrogen) atoms. The molecule has 0 spiro atoms. The minimum atomic E-state index is -4.69. The van der Waals surface area contributed by atoms with Crippen molar-refractivity contribution < 1.29 is 41.8 Å². The summed E-state index contributed by atoms with van der Waals surface area (Å²) in [5.41, 5.74) is -2.54. The molecule has 0 aromatic heterocycles. The predicted molar refractivity (Wildman–Crippen MR) is 97.6 cm³/mol. The highest BCUT2D eigenvalue weighted by molar-refractivity contribution is 6.01. The first-order valence-electron chi connectivity index (χ1n) is 8.67. The van der Waals surface area contributed by atoms with Crippen molar-refractivity contribution in [1.82, 2.24) is 0 Å². The molecule has 0 N–H and O–H groups in total. The number of alkyl halides is 3. The zero-order valence-corrected chi connectivity index (χ0v) is 16.9. The fraction of sp³-hybridized carbons (Fsp3) is 0.526. The van der Waals surface area contributed by atoms with Crippen LogP contribution in [0.3, 0.4) is 0 Å². The van der Waals surface area contributed by atoms with Gasteiger partial charge in [-0.2, -0.15) is 13.2 Å². The maximum Gasteiger partial charge on any atom is 0.416 e. The van der Waals surface area contributed by atoms with Gasteiger partial charge in [-0.1, -0.05) is 0 Å². The first kappa shape index (κ1) is 24.3. The van der Waals surface area contributed by atoms with E-state index in [1.165, 1.54) is 7.11 Å². The van der Waals surface area contributed by atoms with E-state index in [0.717, 1.165) is 24.1 Å². The van der Waals surface area contributed by atoms with Gasteiger partial charge in [-0.05, 0) is 45.4 Å². The van der Waals surface area contributed by atoms with Gasteiger partial charge in [-0.15, -0.1) is 0 Å². The van der Waals surface area contributed by atoms with Gasteiger partial charge >= 0.3 is 24.2 Å². The predicted octanol–water partition coefficient (Wildman–Crippen LogP) is 4.19.